The van der Waals surface area contributed by atoms with Gasteiger partial charge in [-0.25, -0.2) is 0 Å². The maximum atomic E-state index is 5.20. The van der Waals surface area contributed by atoms with Gasteiger partial charge >= 0.3 is 0 Å². The Morgan fingerprint density at radius 1 is 1.45 bits per heavy atom. The van der Waals surface area contributed by atoms with Gasteiger partial charge in [-0.2, -0.15) is 5.10 Å². The maximum absolute atomic E-state index is 5.20. The molecule has 0 unspecified atom stereocenters. The first kappa shape index (κ1) is 10.1. The number of hydrogen-bond donors (Lipinski definition) is 1. The van der Waals surface area contributed by atoms with Gasteiger partial charge in [-0.05, 0) is 12.3 Å². The summed E-state index contributed by atoms with van der Waals surface area (Å²) in [6, 6.07) is 0. The van der Waals surface area contributed by atoms with E-state index in [0.29, 0.717) is 5.92 Å². The average Bonchev–Trinajstić information content (AvgIpc) is 1.99. The molecule has 0 aromatic carbocycles. The second-order valence-corrected chi connectivity index (χ2v) is 2.69. The van der Waals surface area contributed by atoms with Crippen molar-refractivity contribution in [2.45, 2.75) is 27.2 Å². The predicted molar refractivity (Wildman–Crippen MR) is 50.1 cm³/mol. The highest BCUT2D eigenvalue weighted by Gasteiger charge is 2.09. The van der Waals surface area contributed by atoms with Gasteiger partial charge in [0.1, 0.15) is 0 Å². The van der Waals surface area contributed by atoms with Crippen molar-refractivity contribution < 1.29 is 0 Å². The lowest BCUT2D eigenvalue weighted by molar-refractivity contribution is 0.887. The summed E-state index contributed by atoms with van der Waals surface area (Å²) in [6.45, 7) is 6.20. The Morgan fingerprint density at radius 3 is 2.09 bits per heavy atom. The summed E-state index contributed by atoms with van der Waals surface area (Å²) < 4.78 is 0. The molecule has 0 heterocycles. The van der Waals surface area contributed by atoms with Gasteiger partial charge in [0, 0.05) is 7.05 Å². The number of hydrazone groups is 1. The Balaban J connectivity index is 4.51. The predicted octanol–water partition coefficient (Wildman–Crippen LogP) is 1.44. The molecule has 64 valence electrons. The van der Waals surface area contributed by atoms with E-state index in [0.717, 1.165) is 17.8 Å². The molecule has 0 aliphatic heterocycles. The SMILES string of the molecule is CCC(=NN)C(=NC)C(C)C. The monoisotopic (exact) mass is 155 g/mol. The van der Waals surface area contributed by atoms with E-state index in [9.17, 15) is 0 Å². The van der Waals surface area contributed by atoms with Crippen LogP contribution >= 0.6 is 0 Å². The first-order valence-electron chi connectivity index (χ1n) is 3.91. The molecule has 2 N–H and O–H groups in total. The molecule has 0 amide bonds. The first-order valence-corrected chi connectivity index (χ1v) is 3.91. The molecule has 0 radical (unpaired) electrons. The summed E-state index contributed by atoms with van der Waals surface area (Å²) in [6.07, 6.45) is 0.849. The standard InChI is InChI=1S/C8H17N3/c1-5-7(11-9)8(10-4)6(2)3/h6H,5,9H2,1-4H3. The molecule has 0 fully saturated rings. The molecule has 0 saturated carbocycles. The molecule has 0 bridgehead atoms. The Bertz CT molecular complexity index is 168. The second-order valence-electron chi connectivity index (χ2n) is 2.69. The van der Waals surface area contributed by atoms with E-state index in [1.54, 1.807) is 7.05 Å². The first-order chi connectivity index (χ1) is 5.17. The van der Waals surface area contributed by atoms with Crippen molar-refractivity contribution >= 4 is 11.4 Å². The molecule has 0 aromatic rings. The Labute approximate surface area is 68.4 Å². The van der Waals surface area contributed by atoms with Gasteiger partial charge in [0.25, 0.3) is 0 Å². The van der Waals surface area contributed by atoms with E-state index in [1.807, 2.05) is 6.92 Å². The van der Waals surface area contributed by atoms with Crippen LogP contribution in [0.2, 0.25) is 0 Å². The van der Waals surface area contributed by atoms with Crippen LogP contribution in [0.3, 0.4) is 0 Å². The fourth-order valence-electron chi connectivity index (χ4n) is 1.06. The second kappa shape index (κ2) is 4.88. The summed E-state index contributed by atoms with van der Waals surface area (Å²) in [7, 11) is 1.77. The maximum Gasteiger partial charge on any atom is 0.0810 e. The molecule has 0 aliphatic carbocycles. The Hall–Kier alpha value is -0.860. The van der Waals surface area contributed by atoms with Gasteiger partial charge in [-0.15, -0.1) is 0 Å². The smallest absolute Gasteiger partial charge is 0.0810 e. The molecule has 0 saturated heterocycles. The van der Waals surface area contributed by atoms with Crippen LogP contribution in [-0.2, 0) is 0 Å². The molecule has 0 atom stereocenters. The van der Waals surface area contributed by atoms with E-state index < -0.39 is 0 Å². The lowest BCUT2D eigenvalue weighted by Crippen LogP contribution is -2.20. The van der Waals surface area contributed by atoms with Gasteiger partial charge in [0.15, 0.2) is 0 Å². The normalized spacial score (nSPS) is 14.3. The molecular weight excluding hydrogens is 138 g/mol. The molecule has 11 heavy (non-hydrogen) atoms. The molecule has 0 spiro atoms. The molecule has 3 nitrogen and oxygen atoms in total. The Morgan fingerprint density at radius 2 is 2.00 bits per heavy atom. The lowest BCUT2D eigenvalue weighted by atomic mass is 10.0. The topological polar surface area (TPSA) is 50.7 Å². The zero-order valence-electron chi connectivity index (χ0n) is 7.76. The molecule has 0 aliphatic rings. The van der Waals surface area contributed by atoms with Crippen LogP contribution in [0.4, 0.5) is 0 Å². The van der Waals surface area contributed by atoms with Crippen molar-refractivity contribution in [2.75, 3.05) is 7.05 Å². The highest BCUT2D eigenvalue weighted by molar-refractivity contribution is 6.42. The van der Waals surface area contributed by atoms with E-state index in [2.05, 4.69) is 23.9 Å². The minimum absolute atomic E-state index is 0.405. The fraction of sp³-hybridized carbons (Fsp3) is 0.750. The molecule has 0 rings (SSSR count). The summed E-state index contributed by atoms with van der Waals surface area (Å²) in [5, 5.41) is 3.68. The minimum atomic E-state index is 0.405. The third-order valence-electron chi connectivity index (χ3n) is 1.57. The van der Waals surface area contributed by atoms with Crippen LogP contribution in [0.5, 0.6) is 0 Å². The number of nitrogens with two attached hydrogens (primary N) is 1. The van der Waals surface area contributed by atoms with Crippen LogP contribution in [0, 0.1) is 5.92 Å². The van der Waals surface area contributed by atoms with E-state index in [-0.39, 0.29) is 0 Å². The minimum Gasteiger partial charge on any atom is -0.323 e. The van der Waals surface area contributed by atoms with Crippen molar-refractivity contribution in [3.8, 4) is 0 Å². The van der Waals surface area contributed by atoms with Crippen molar-refractivity contribution in [1.82, 2.24) is 0 Å². The van der Waals surface area contributed by atoms with Crippen molar-refractivity contribution in [3.63, 3.8) is 0 Å². The molecule has 3 heteroatoms. The fourth-order valence-corrected chi connectivity index (χ4v) is 1.06. The van der Waals surface area contributed by atoms with Crippen LogP contribution in [0.1, 0.15) is 27.2 Å². The number of rotatable bonds is 3. The quantitative estimate of drug-likeness (QED) is 0.374. The van der Waals surface area contributed by atoms with Crippen LogP contribution in [0.25, 0.3) is 0 Å². The van der Waals surface area contributed by atoms with Gasteiger partial charge in [0.05, 0.1) is 11.4 Å². The van der Waals surface area contributed by atoms with Crippen LogP contribution < -0.4 is 5.84 Å². The lowest BCUT2D eigenvalue weighted by Gasteiger charge is -2.09. The van der Waals surface area contributed by atoms with E-state index in [1.165, 1.54) is 0 Å². The Kier molecular flexibility index (Phi) is 4.50. The number of aliphatic imine (C=N–C) groups is 1. The third kappa shape index (κ3) is 2.70. The zero-order valence-corrected chi connectivity index (χ0v) is 7.76. The van der Waals surface area contributed by atoms with E-state index >= 15 is 0 Å². The third-order valence-corrected chi connectivity index (χ3v) is 1.57. The molecule has 0 aromatic heterocycles. The van der Waals surface area contributed by atoms with Gasteiger partial charge < -0.3 is 5.84 Å². The van der Waals surface area contributed by atoms with Crippen molar-refractivity contribution in [2.24, 2.45) is 21.9 Å². The number of nitrogens with zero attached hydrogens (tertiary/aromatic N) is 2. The zero-order chi connectivity index (χ0) is 8.85. The summed E-state index contributed by atoms with van der Waals surface area (Å²) >= 11 is 0. The largest absolute Gasteiger partial charge is 0.323 e. The average molecular weight is 155 g/mol. The highest BCUT2D eigenvalue weighted by atomic mass is 15.1. The van der Waals surface area contributed by atoms with E-state index in [4.69, 9.17) is 5.84 Å². The van der Waals surface area contributed by atoms with Crippen LogP contribution in [-0.4, -0.2) is 18.5 Å². The van der Waals surface area contributed by atoms with Gasteiger partial charge in [-0.3, -0.25) is 4.99 Å². The van der Waals surface area contributed by atoms with Crippen LogP contribution in [0.15, 0.2) is 10.1 Å². The van der Waals surface area contributed by atoms with Crippen molar-refractivity contribution in [1.29, 1.82) is 0 Å². The van der Waals surface area contributed by atoms with Gasteiger partial charge in [-0.1, -0.05) is 20.8 Å². The summed E-state index contributed by atoms with van der Waals surface area (Å²) in [5.41, 5.74) is 1.91. The van der Waals surface area contributed by atoms with Crippen molar-refractivity contribution in [3.05, 3.63) is 0 Å². The molecular formula is C8H17N3. The highest BCUT2D eigenvalue weighted by Crippen LogP contribution is 2.01. The summed E-state index contributed by atoms with van der Waals surface area (Å²) in [4.78, 5) is 4.14. The summed E-state index contributed by atoms with van der Waals surface area (Å²) in [5.74, 6) is 5.61. The van der Waals surface area contributed by atoms with Gasteiger partial charge in [0.2, 0.25) is 0 Å². The number of hydrogen-bond acceptors (Lipinski definition) is 3.